The van der Waals surface area contributed by atoms with Crippen molar-refractivity contribution in [2.75, 3.05) is 6.54 Å². The fourth-order valence-corrected chi connectivity index (χ4v) is 4.56. The molecule has 0 fully saturated rings. The molecule has 2 rings (SSSR count). The van der Waals surface area contributed by atoms with Gasteiger partial charge in [-0.3, -0.25) is 0 Å². The Hall–Kier alpha value is 0.420. The van der Waals surface area contributed by atoms with Crippen LogP contribution in [0.4, 0.5) is 0 Å². The normalized spacial score (nSPS) is 12.7. The molecule has 1 unspecified atom stereocenters. The van der Waals surface area contributed by atoms with Crippen LogP contribution in [0.1, 0.15) is 23.4 Å². The zero-order chi connectivity index (χ0) is 14.0. The van der Waals surface area contributed by atoms with Crippen LogP contribution in [0.5, 0.6) is 0 Å². The molecule has 1 atom stereocenters. The summed E-state index contributed by atoms with van der Waals surface area (Å²) in [5.74, 6) is 0. The lowest BCUT2D eigenvalue weighted by Crippen LogP contribution is -2.21. The van der Waals surface area contributed by atoms with Crippen LogP contribution in [-0.2, 0) is 0 Å². The van der Waals surface area contributed by atoms with Crippen LogP contribution in [0.25, 0.3) is 0 Å². The second-order valence-corrected chi connectivity index (χ2v) is 8.03. The number of nitrogens with one attached hydrogen (secondary N) is 1. The highest BCUT2D eigenvalue weighted by molar-refractivity contribution is 9.11. The second-order valence-electron chi connectivity index (χ2n) is 3.93. The molecule has 0 radical (unpaired) electrons. The van der Waals surface area contributed by atoms with E-state index in [9.17, 15) is 0 Å². The smallest absolute Gasteiger partial charge is 0.0888 e. The Kier molecular flexibility index (Phi) is 5.76. The van der Waals surface area contributed by atoms with Crippen molar-refractivity contribution in [1.82, 2.24) is 5.32 Å². The SMILES string of the molecule is CCNC(c1cc(Cl)c(Br)s1)c1ccc(Cl)cc1Br. The first-order chi connectivity index (χ1) is 9.02. The average molecular weight is 444 g/mol. The fourth-order valence-electron chi connectivity index (χ4n) is 1.81. The molecule has 1 aromatic heterocycles. The first-order valence-electron chi connectivity index (χ1n) is 5.66. The first-order valence-corrected chi connectivity index (χ1v) is 8.81. The number of hydrogen-bond acceptors (Lipinski definition) is 2. The van der Waals surface area contributed by atoms with E-state index in [1.165, 1.54) is 4.88 Å². The number of benzene rings is 1. The third-order valence-corrected chi connectivity index (χ3v) is 6.09. The topological polar surface area (TPSA) is 12.0 Å². The highest BCUT2D eigenvalue weighted by atomic mass is 79.9. The first kappa shape index (κ1) is 15.8. The molecular formula is C13H11Br2Cl2NS. The zero-order valence-electron chi connectivity index (χ0n) is 10.0. The third kappa shape index (κ3) is 3.74. The average Bonchev–Trinajstić information content (AvgIpc) is 2.67. The van der Waals surface area contributed by atoms with Crippen molar-refractivity contribution in [2.45, 2.75) is 13.0 Å². The summed E-state index contributed by atoms with van der Waals surface area (Å²) in [6.45, 7) is 2.95. The molecule has 6 heteroatoms. The van der Waals surface area contributed by atoms with E-state index in [1.807, 2.05) is 24.3 Å². The van der Waals surface area contributed by atoms with Gasteiger partial charge in [0, 0.05) is 14.4 Å². The molecule has 1 N–H and O–H groups in total. The van der Waals surface area contributed by atoms with Gasteiger partial charge in [-0.25, -0.2) is 0 Å². The van der Waals surface area contributed by atoms with Crippen LogP contribution in [-0.4, -0.2) is 6.54 Å². The molecule has 0 saturated heterocycles. The predicted molar refractivity (Wildman–Crippen MR) is 91.7 cm³/mol. The van der Waals surface area contributed by atoms with E-state index in [0.717, 1.165) is 30.4 Å². The van der Waals surface area contributed by atoms with E-state index in [-0.39, 0.29) is 6.04 Å². The number of halogens is 4. The van der Waals surface area contributed by atoms with Crippen molar-refractivity contribution >= 4 is 66.4 Å². The predicted octanol–water partition coefficient (Wildman–Crippen LogP) is 6.28. The standard InChI is InChI=1S/C13H11Br2Cl2NS/c1-2-18-12(11-6-10(17)13(15)19-11)8-4-3-7(16)5-9(8)14/h3-6,12,18H,2H2,1H3. The summed E-state index contributed by atoms with van der Waals surface area (Å²) in [5, 5.41) is 4.94. The number of thiophene rings is 1. The molecule has 2 aromatic rings. The maximum atomic E-state index is 6.13. The second kappa shape index (κ2) is 6.92. The molecule has 1 heterocycles. The third-order valence-electron chi connectivity index (χ3n) is 2.63. The van der Waals surface area contributed by atoms with Crippen molar-refractivity contribution in [3.63, 3.8) is 0 Å². The van der Waals surface area contributed by atoms with Gasteiger partial charge in [0.05, 0.1) is 14.9 Å². The Morgan fingerprint density at radius 3 is 2.53 bits per heavy atom. The maximum absolute atomic E-state index is 6.13. The Morgan fingerprint density at radius 1 is 1.26 bits per heavy atom. The van der Waals surface area contributed by atoms with Crippen LogP contribution in [0.2, 0.25) is 10.0 Å². The lowest BCUT2D eigenvalue weighted by Gasteiger charge is -2.18. The van der Waals surface area contributed by atoms with Gasteiger partial charge in [0.1, 0.15) is 0 Å². The molecule has 0 saturated carbocycles. The van der Waals surface area contributed by atoms with E-state index in [1.54, 1.807) is 11.3 Å². The van der Waals surface area contributed by atoms with Gasteiger partial charge in [0.2, 0.25) is 0 Å². The summed E-state index contributed by atoms with van der Waals surface area (Å²) in [5.41, 5.74) is 1.15. The van der Waals surface area contributed by atoms with E-state index in [2.05, 4.69) is 44.1 Å². The summed E-state index contributed by atoms with van der Waals surface area (Å²) in [7, 11) is 0. The van der Waals surface area contributed by atoms with Gasteiger partial charge in [-0.2, -0.15) is 0 Å². The Morgan fingerprint density at radius 2 is 2.00 bits per heavy atom. The van der Waals surface area contributed by atoms with Gasteiger partial charge in [0.25, 0.3) is 0 Å². The maximum Gasteiger partial charge on any atom is 0.0888 e. The molecule has 0 aliphatic rings. The lowest BCUT2D eigenvalue weighted by atomic mass is 10.1. The zero-order valence-corrected chi connectivity index (χ0v) is 15.5. The van der Waals surface area contributed by atoms with Gasteiger partial charge >= 0.3 is 0 Å². The van der Waals surface area contributed by atoms with Crippen molar-refractivity contribution in [2.24, 2.45) is 0 Å². The van der Waals surface area contributed by atoms with Crippen molar-refractivity contribution in [1.29, 1.82) is 0 Å². The molecule has 0 amide bonds. The van der Waals surface area contributed by atoms with E-state index < -0.39 is 0 Å². The lowest BCUT2D eigenvalue weighted by molar-refractivity contribution is 0.637. The van der Waals surface area contributed by atoms with E-state index in [4.69, 9.17) is 23.2 Å². The largest absolute Gasteiger partial charge is 0.306 e. The van der Waals surface area contributed by atoms with Crippen LogP contribution >= 0.6 is 66.4 Å². The van der Waals surface area contributed by atoms with Crippen LogP contribution < -0.4 is 5.32 Å². The molecule has 0 aliphatic heterocycles. The van der Waals surface area contributed by atoms with Gasteiger partial charge in [-0.15, -0.1) is 11.3 Å². The monoisotopic (exact) mass is 441 g/mol. The highest BCUT2D eigenvalue weighted by Gasteiger charge is 2.19. The van der Waals surface area contributed by atoms with Crippen LogP contribution in [0.15, 0.2) is 32.5 Å². The Balaban J connectivity index is 2.44. The van der Waals surface area contributed by atoms with Gasteiger partial charge in [0.15, 0.2) is 0 Å². The molecule has 1 nitrogen and oxygen atoms in total. The number of rotatable bonds is 4. The highest BCUT2D eigenvalue weighted by Crippen LogP contribution is 2.39. The number of hydrogen-bond donors (Lipinski definition) is 1. The molecule has 0 bridgehead atoms. The minimum Gasteiger partial charge on any atom is -0.306 e. The Labute approximate surface area is 143 Å². The molecule has 0 aliphatic carbocycles. The van der Waals surface area contributed by atoms with Crippen LogP contribution in [0, 0.1) is 0 Å². The van der Waals surface area contributed by atoms with Crippen molar-refractivity contribution in [3.8, 4) is 0 Å². The minimum absolute atomic E-state index is 0.102. The quantitative estimate of drug-likeness (QED) is 0.586. The summed E-state index contributed by atoms with van der Waals surface area (Å²) < 4.78 is 1.95. The molecule has 1 aromatic carbocycles. The molecule has 102 valence electrons. The van der Waals surface area contributed by atoms with Crippen molar-refractivity contribution < 1.29 is 0 Å². The summed E-state index contributed by atoms with van der Waals surface area (Å²) >= 11 is 20.8. The van der Waals surface area contributed by atoms with Gasteiger partial charge < -0.3 is 5.32 Å². The van der Waals surface area contributed by atoms with Crippen LogP contribution in [0.3, 0.4) is 0 Å². The summed E-state index contributed by atoms with van der Waals surface area (Å²) in [6.07, 6.45) is 0. The van der Waals surface area contributed by atoms with Crippen molar-refractivity contribution in [3.05, 3.63) is 53.0 Å². The Bertz CT molecular complexity index is 567. The summed E-state index contributed by atoms with van der Waals surface area (Å²) in [4.78, 5) is 1.17. The van der Waals surface area contributed by atoms with E-state index in [0.29, 0.717) is 0 Å². The minimum atomic E-state index is 0.102. The van der Waals surface area contributed by atoms with Gasteiger partial charge in [-0.05, 0) is 46.2 Å². The fraction of sp³-hybridized carbons (Fsp3) is 0.231. The molecule has 19 heavy (non-hydrogen) atoms. The molecular weight excluding hydrogens is 433 g/mol. The molecule has 0 spiro atoms. The van der Waals surface area contributed by atoms with E-state index >= 15 is 0 Å². The van der Waals surface area contributed by atoms with Gasteiger partial charge in [-0.1, -0.05) is 52.1 Å². The summed E-state index contributed by atoms with van der Waals surface area (Å²) in [6, 6.07) is 7.93.